The van der Waals surface area contributed by atoms with Crippen LogP contribution in [0.25, 0.3) is 0 Å². The molecule has 0 aliphatic carbocycles. The molecule has 0 spiro atoms. The Balaban J connectivity index is 2.01. The van der Waals surface area contributed by atoms with E-state index in [-0.39, 0.29) is 0 Å². The Morgan fingerprint density at radius 3 is 2.85 bits per heavy atom. The molecule has 1 aromatic heterocycles. The second kappa shape index (κ2) is 6.11. The van der Waals surface area contributed by atoms with Crippen LogP contribution in [0.3, 0.4) is 0 Å². The molecule has 3 N–H and O–H groups in total. The second-order valence-corrected chi connectivity index (χ2v) is 5.39. The van der Waals surface area contributed by atoms with Gasteiger partial charge in [0, 0.05) is 26.2 Å². The topological polar surface area (TPSA) is 70.0 Å². The number of nitrogens with zero attached hydrogens (tertiary/aromatic N) is 3. The van der Waals surface area contributed by atoms with E-state index >= 15 is 0 Å². The van der Waals surface area contributed by atoms with Crippen molar-refractivity contribution in [1.82, 2.24) is 15.1 Å². The van der Waals surface area contributed by atoms with Gasteiger partial charge in [-0.05, 0) is 32.3 Å². The van der Waals surface area contributed by atoms with Gasteiger partial charge in [0.25, 0.3) is 0 Å². The number of nitrogens with one attached hydrogen (secondary N) is 1. The van der Waals surface area contributed by atoms with Crippen LogP contribution in [0.4, 0.5) is 0 Å². The van der Waals surface area contributed by atoms with E-state index in [1.54, 1.807) is 6.26 Å². The maximum Gasteiger partial charge on any atom is 0.200 e. The summed E-state index contributed by atoms with van der Waals surface area (Å²) in [4.78, 5) is 8.71. The van der Waals surface area contributed by atoms with Crippen molar-refractivity contribution in [3.05, 3.63) is 36.4 Å². The average Bonchev–Trinajstić information content (AvgIpc) is 2.89. The zero-order valence-corrected chi connectivity index (χ0v) is 12.3. The molecule has 20 heavy (non-hydrogen) atoms. The number of aliphatic imine (C=N–C) groups is 1. The highest BCUT2D eigenvalue weighted by Gasteiger charge is 2.25. The molecule has 1 unspecified atom stereocenters. The second-order valence-electron chi connectivity index (χ2n) is 5.39. The van der Waals surface area contributed by atoms with Crippen molar-refractivity contribution in [2.75, 3.05) is 27.7 Å². The first-order valence-corrected chi connectivity index (χ1v) is 6.70. The lowest BCUT2D eigenvalue weighted by Gasteiger charge is -2.30. The van der Waals surface area contributed by atoms with Crippen LogP contribution in [-0.4, -0.2) is 49.1 Å². The van der Waals surface area contributed by atoms with Crippen molar-refractivity contribution in [2.24, 2.45) is 10.7 Å². The fourth-order valence-corrected chi connectivity index (χ4v) is 1.98. The van der Waals surface area contributed by atoms with Crippen LogP contribution < -0.4 is 11.1 Å². The lowest BCUT2D eigenvalue weighted by molar-refractivity contribution is 0.344. The van der Waals surface area contributed by atoms with Crippen molar-refractivity contribution >= 4 is 5.96 Å². The van der Waals surface area contributed by atoms with E-state index in [9.17, 15) is 0 Å². The number of furan rings is 1. The van der Waals surface area contributed by atoms with Crippen LogP contribution in [0.5, 0.6) is 0 Å². The third-order valence-corrected chi connectivity index (χ3v) is 3.19. The lowest BCUT2D eigenvalue weighted by atomic mass is 10.1. The van der Waals surface area contributed by atoms with Gasteiger partial charge in [-0.1, -0.05) is 0 Å². The largest absolute Gasteiger partial charge is 0.467 e. The molecule has 1 atom stereocenters. The zero-order chi connectivity index (χ0) is 14.6. The van der Waals surface area contributed by atoms with Crippen LogP contribution in [0.1, 0.15) is 12.2 Å². The molecule has 0 radical (unpaired) electrons. The molecule has 0 saturated heterocycles. The summed E-state index contributed by atoms with van der Waals surface area (Å²) in [7, 11) is 6.02. The third kappa shape index (κ3) is 3.85. The van der Waals surface area contributed by atoms with E-state index in [1.165, 1.54) is 0 Å². The third-order valence-electron chi connectivity index (χ3n) is 3.19. The summed E-state index contributed by atoms with van der Waals surface area (Å²) in [5, 5.41) is 3.13. The summed E-state index contributed by atoms with van der Waals surface area (Å²) in [6, 6.07) is 3.82. The van der Waals surface area contributed by atoms with E-state index in [2.05, 4.69) is 15.2 Å². The number of nitrogens with two attached hydrogens (primary N) is 1. The van der Waals surface area contributed by atoms with Crippen molar-refractivity contribution in [2.45, 2.75) is 18.6 Å². The van der Waals surface area contributed by atoms with Gasteiger partial charge in [-0.15, -0.1) is 0 Å². The van der Waals surface area contributed by atoms with Gasteiger partial charge in [0.2, 0.25) is 0 Å². The Morgan fingerprint density at radius 2 is 2.20 bits per heavy atom. The van der Waals surface area contributed by atoms with Crippen LogP contribution in [0, 0.1) is 0 Å². The maximum atomic E-state index is 6.32. The van der Waals surface area contributed by atoms with Crippen LogP contribution in [-0.2, 0) is 6.54 Å². The Hall–Kier alpha value is -1.79. The number of hydrogen-bond acceptors (Lipinski definition) is 6. The van der Waals surface area contributed by atoms with Gasteiger partial charge in [-0.2, -0.15) is 0 Å². The van der Waals surface area contributed by atoms with Gasteiger partial charge in [0.1, 0.15) is 11.4 Å². The Kier molecular flexibility index (Phi) is 4.46. The summed E-state index contributed by atoms with van der Waals surface area (Å²) >= 11 is 0. The molecule has 6 heteroatoms. The van der Waals surface area contributed by atoms with Gasteiger partial charge >= 0.3 is 0 Å². The standard InChI is InChI=1S/C14H23N5O/c1-18(2)9-7-14(15)6-8-16-13(17-14)19(3)11-12-5-4-10-20-12/h4-6,8,10H,7,9,11,15H2,1-3H3,(H,16,17). The molecule has 2 rings (SSSR count). The molecular formula is C14H23N5O. The first-order chi connectivity index (χ1) is 9.48. The molecule has 0 saturated carbocycles. The SMILES string of the molecule is CN(C)CCC1(N)C=CNC(N(C)Cc2ccco2)=N1. The first kappa shape index (κ1) is 14.6. The van der Waals surface area contributed by atoms with Crippen molar-refractivity contribution in [3.8, 4) is 0 Å². The highest BCUT2D eigenvalue weighted by atomic mass is 16.3. The molecule has 1 aliphatic heterocycles. The minimum Gasteiger partial charge on any atom is -0.467 e. The Morgan fingerprint density at radius 1 is 1.40 bits per heavy atom. The van der Waals surface area contributed by atoms with E-state index in [0.29, 0.717) is 6.54 Å². The van der Waals surface area contributed by atoms with Crippen molar-refractivity contribution in [3.63, 3.8) is 0 Å². The summed E-state index contributed by atoms with van der Waals surface area (Å²) in [5.41, 5.74) is 5.67. The molecule has 0 aromatic carbocycles. The molecule has 0 bridgehead atoms. The van der Waals surface area contributed by atoms with Gasteiger partial charge in [-0.25, -0.2) is 4.99 Å². The number of guanidine groups is 1. The van der Waals surface area contributed by atoms with Crippen LogP contribution in [0.15, 0.2) is 40.1 Å². The molecule has 2 heterocycles. The summed E-state index contributed by atoms with van der Waals surface area (Å²) in [5.74, 6) is 1.65. The van der Waals surface area contributed by atoms with Gasteiger partial charge in [0.05, 0.1) is 12.8 Å². The monoisotopic (exact) mass is 277 g/mol. The molecule has 0 fully saturated rings. The minimum absolute atomic E-state index is 0.649. The predicted octanol–water partition coefficient (Wildman–Crippen LogP) is 0.791. The minimum atomic E-state index is -0.651. The lowest BCUT2D eigenvalue weighted by Crippen LogP contribution is -2.47. The first-order valence-electron chi connectivity index (χ1n) is 6.70. The highest BCUT2D eigenvalue weighted by Crippen LogP contribution is 2.15. The fraction of sp³-hybridized carbons (Fsp3) is 0.500. The molecule has 6 nitrogen and oxygen atoms in total. The number of hydrogen-bond donors (Lipinski definition) is 2. The predicted molar refractivity (Wildman–Crippen MR) is 80.0 cm³/mol. The van der Waals surface area contributed by atoms with Gasteiger partial charge in [0.15, 0.2) is 5.96 Å². The van der Waals surface area contributed by atoms with Crippen LogP contribution in [0.2, 0.25) is 0 Å². The fourth-order valence-electron chi connectivity index (χ4n) is 1.98. The highest BCUT2D eigenvalue weighted by molar-refractivity contribution is 5.82. The zero-order valence-electron chi connectivity index (χ0n) is 12.3. The van der Waals surface area contributed by atoms with E-state index in [0.717, 1.165) is 24.7 Å². The molecule has 110 valence electrons. The van der Waals surface area contributed by atoms with Crippen molar-refractivity contribution < 1.29 is 4.42 Å². The normalized spacial score (nSPS) is 21.8. The smallest absolute Gasteiger partial charge is 0.200 e. The Labute approximate surface area is 119 Å². The van der Waals surface area contributed by atoms with Crippen LogP contribution >= 0.6 is 0 Å². The van der Waals surface area contributed by atoms with Gasteiger partial charge < -0.3 is 25.3 Å². The molecule has 0 amide bonds. The summed E-state index contributed by atoms with van der Waals surface area (Å²) in [6.07, 6.45) is 6.21. The van der Waals surface area contributed by atoms with E-state index < -0.39 is 5.66 Å². The maximum absolute atomic E-state index is 6.32. The quantitative estimate of drug-likeness (QED) is 0.833. The van der Waals surface area contributed by atoms with Crippen molar-refractivity contribution in [1.29, 1.82) is 0 Å². The van der Waals surface area contributed by atoms with Gasteiger partial charge in [-0.3, -0.25) is 0 Å². The average molecular weight is 277 g/mol. The molecular weight excluding hydrogens is 254 g/mol. The number of rotatable bonds is 5. The summed E-state index contributed by atoms with van der Waals surface area (Å²) < 4.78 is 5.35. The van der Waals surface area contributed by atoms with E-state index in [4.69, 9.17) is 10.2 Å². The summed E-state index contributed by atoms with van der Waals surface area (Å²) in [6.45, 7) is 1.54. The molecule has 1 aromatic rings. The Bertz CT molecular complexity index is 480. The van der Waals surface area contributed by atoms with E-state index in [1.807, 2.05) is 50.5 Å². The molecule has 1 aliphatic rings.